The summed E-state index contributed by atoms with van der Waals surface area (Å²) in [6, 6.07) is 4.15. The Kier molecular flexibility index (Phi) is 7.48. The first-order valence-corrected chi connectivity index (χ1v) is 10.6. The van der Waals surface area contributed by atoms with Gasteiger partial charge in [-0.05, 0) is 57.3 Å². The molecule has 2 atom stereocenters. The van der Waals surface area contributed by atoms with Crippen molar-refractivity contribution >= 4 is 11.6 Å². The summed E-state index contributed by atoms with van der Waals surface area (Å²) in [5.74, 6) is 0.395. The molecule has 0 radical (unpaired) electrons. The Balaban J connectivity index is 1.57. The van der Waals surface area contributed by atoms with E-state index in [0.29, 0.717) is 19.0 Å². The van der Waals surface area contributed by atoms with Gasteiger partial charge in [-0.1, -0.05) is 13.0 Å². The van der Waals surface area contributed by atoms with Crippen molar-refractivity contribution in [2.45, 2.75) is 39.2 Å². The largest absolute Gasteiger partial charge is 0.365 e. The van der Waals surface area contributed by atoms with Crippen molar-refractivity contribution in [1.82, 2.24) is 15.5 Å². The minimum absolute atomic E-state index is 0.0793. The van der Waals surface area contributed by atoms with Crippen molar-refractivity contribution in [3.8, 4) is 0 Å². The minimum atomic E-state index is -0.501. The first kappa shape index (κ1) is 20.8. The van der Waals surface area contributed by atoms with Crippen LogP contribution >= 0.6 is 0 Å². The van der Waals surface area contributed by atoms with Crippen LogP contribution in [0.2, 0.25) is 0 Å². The lowest BCUT2D eigenvalue weighted by atomic mass is 9.98. The summed E-state index contributed by atoms with van der Waals surface area (Å²) in [5.41, 5.74) is 0.0793. The van der Waals surface area contributed by atoms with Crippen LogP contribution in [0, 0.1) is 17.6 Å². The second kappa shape index (κ2) is 10.0. The minimum Gasteiger partial charge on any atom is -0.365 e. The number of likely N-dealkylation sites (tertiary alicyclic amines) is 1. The molecule has 2 aliphatic heterocycles. The molecule has 2 heterocycles. The van der Waals surface area contributed by atoms with Crippen molar-refractivity contribution in [1.29, 1.82) is 0 Å². The van der Waals surface area contributed by atoms with Gasteiger partial charge in [0.2, 0.25) is 0 Å². The Morgan fingerprint density at radius 3 is 2.64 bits per heavy atom. The van der Waals surface area contributed by atoms with Crippen LogP contribution in [-0.4, -0.2) is 62.7 Å². The molecule has 0 bridgehead atoms. The summed E-state index contributed by atoms with van der Waals surface area (Å²) < 4.78 is 28.1. The van der Waals surface area contributed by atoms with Crippen LogP contribution < -0.4 is 15.5 Å². The molecular formula is C21H33F2N5. The number of guanidine groups is 1. The molecule has 1 aromatic rings. The summed E-state index contributed by atoms with van der Waals surface area (Å²) in [6.07, 6.45) is 3.29. The topological polar surface area (TPSA) is 42.9 Å². The molecule has 2 saturated heterocycles. The third kappa shape index (κ3) is 5.34. The summed E-state index contributed by atoms with van der Waals surface area (Å²) in [6.45, 7) is 10.5. The molecule has 156 valence electrons. The lowest BCUT2D eigenvalue weighted by Crippen LogP contribution is -2.45. The second-order valence-corrected chi connectivity index (χ2v) is 7.77. The molecule has 0 aliphatic carbocycles. The van der Waals surface area contributed by atoms with Gasteiger partial charge in [0.25, 0.3) is 0 Å². The average molecular weight is 394 g/mol. The van der Waals surface area contributed by atoms with Gasteiger partial charge < -0.3 is 20.4 Å². The molecule has 7 heteroatoms. The highest BCUT2D eigenvalue weighted by molar-refractivity contribution is 5.80. The first-order valence-electron chi connectivity index (χ1n) is 10.6. The van der Waals surface area contributed by atoms with E-state index in [9.17, 15) is 8.78 Å². The monoisotopic (exact) mass is 393 g/mol. The molecular weight excluding hydrogens is 360 g/mol. The molecule has 5 nitrogen and oxygen atoms in total. The van der Waals surface area contributed by atoms with Gasteiger partial charge in [0, 0.05) is 38.8 Å². The van der Waals surface area contributed by atoms with E-state index in [-0.39, 0.29) is 11.7 Å². The predicted octanol–water partition coefficient (Wildman–Crippen LogP) is 2.83. The van der Waals surface area contributed by atoms with E-state index in [1.54, 1.807) is 4.90 Å². The van der Waals surface area contributed by atoms with Crippen molar-refractivity contribution < 1.29 is 8.78 Å². The van der Waals surface area contributed by atoms with Gasteiger partial charge in [0.15, 0.2) is 5.96 Å². The number of aliphatic imine (C=N–C) groups is 1. The summed E-state index contributed by atoms with van der Waals surface area (Å²) in [5, 5.41) is 6.77. The van der Waals surface area contributed by atoms with E-state index in [0.717, 1.165) is 38.6 Å². The SMILES string of the molecule is CCNC(=NCC1CCCN(CC)C1)NC1CCN(c2c(F)cccc2F)C1. The van der Waals surface area contributed by atoms with Gasteiger partial charge >= 0.3 is 0 Å². The van der Waals surface area contributed by atoms with E-state index in [4.69, 9.17) is 4.99 Å². The van der Waals surface area contributed by atoms with E-state index in [2.05, 4.69) is 22.5 Å². The molecule has 0 aromatic heterocycles. The quantitative estimate of drug-likeness (QED) is 0.576. The molecule has 0 saturated carbocycles. The lowest BCUT2D eigenvalue weighted by molar-refractivity contribution is 0.186. The Labute approximate surface area is 167 Å². The van der Waals surface area contributed by atoms with Gasteiger partial charge in [-0.3, -0.25) is 4.99 Å². The van der Waals surface area contributed by atoms with E-state index in [1.165, 1.54) is 37.6 Å². The fraction of sp³-hybridized carbons (Fsp3) is 0.667. The highest BCUT2D eigenvalue weighted by Gasteiger charge is 2.27. The maximum Gasteiger partial charge on any atom is 0.191 e. The number of rotatable bonds is 6. The molecule has 0 amide bonds. The zero-order valence-electron chi connectivity index (χ0n) is 17.1. The summed E-state index contributed by atoms with van der Waals surface area (Å²) >= 11 is 0. The van der Waals surface area contributed by atoms with Crippen LogP contribution in [0.1, 0.15) is 33.1 Å². The van der Waals surface area contributed by atoms with Crippen molar-refractivity contribution in [2.75, 3.05) is 50.7 Å². The predicted molar refractivity (Wildman–Crippen MR) is 111 cm³/mol. The fourth-order valence-electron chi connectivity index (χ4n) is 4.19. The number of para-hydroxylation sites is 1. The standard InChI is InChI=1S/C21H33F2N5/c1-3-24-21(25-13-16-7-6-11-27(4-2)14-16)26-17-10-12-28(15-17)20-18(22)8-5-9-19(20)23/h5,8-9,16-17H,3-4,6-7,10-15H2,1-2H3,(H2,24,25,26). The number of piperidine rings is 1. The molecule has 2 fully saturated rings. The Bertz CT molecular complexity index is 646. The number of hydrogen-bond acceptors (Lipinski definition) is 3. The third-order valence-corrected chi connectivity index (χ3v) is 5.69. The smallest absolute Gasteiger partial charge is 0.191 e. The highest BCUT2D eigenvalue weighted by Crippen LogP contribution is 2.26. The first-order chi connectivity index (χ1) is 13.6. The van der Waals surface area contributed by atoms with Gasteiger partial charge in [-0.25, -0.2) is 8.78 Å². The van der Waals surface area contributed by atoms with Crippen LogP contribution in [-0.2, 0) is 0 Å². The fourth-order valence-corrected chi connectivity index (χ4v) is 4.19. The zero-order chi connectivity index (χ0) is 19.9. The number of anilines is 1. The van der Waals surface area contributed by atoms with E-state index >= 15 is 0 Å². The normalized spacial score (nSPS) is 23.9. The van der Waals surface area contributed by atoms with Gasteiger partial charge in [0.1, 0.15) is 17.3 Å². The van der Waals surface area contributed by atoms with Gasteiger partial charge in [-0.15, -0.1) is 0 Å². The van der Waals surface area contributed by atoms with Crippen LogP contribution in [0.5, 0.6) is 0 Å². The third-order valence-electron chi connectivity index (χ3n) is 5.69. The van der Waals surface area contributed by atoms with Gasteiger partial charge in [0.05, 0.1) is 0 Å². The van der Waals surface area contributed by atoms with Crippen molar-refractivity contribution in [3.63, 3.8) is 0 Å². The Morgan fingerprint density at radius 2 is 1.93 bits per heavy atom. The average Bonchev–Trinajstić information content (AvgIpc) is 3.14. The molecule has 0 spiro atoms. The molecule has 2 N–H and O–H groups in total. The van der Waals surface area contributed by atoms with Crippen LogP contribution in [0.25, 0.3) is 0 Å². The lowest BCUT2D eigenvalue weighted by Gasteiger charge is -2.31. The van der Waals surface area contributed by atoms with Crippen LogP contribution in [0.15, 0.2) is 23.2 Å². The molecule has 28 heavy (non-hydrogen) atoms. The second-order valence-electron chi connectivity index (χ2n) is 7.77. The zero-order valence-corrected chi connectivity index (χ0v) is 17.1. The van der Waals surface area contributed by atoms with Crippen LogP contribution in [0.4, 0.5) is 14.5 Å². The molecule has 3 rings (SSSR count). The number of nitrogens with one attached hydrogen (secondary N) is 2. The van der Waals surface area contributed by atoms with E-state index in [1.807, 2.05) is 6.92 Å². The van der Waals surface area contributed by atoms with Crippen LogP contribution in [0.3, 0.4) is 0 Å². The number of benzene rings is 1. The molecule has 1 aromatic carbocycles. The van der Waals surface area contributed by atoms with E-state index < -0.39 is 11.6 Å². The van der Waals surface area contributed by atoms with Crippen molar-refractivity contribution in [2.24, 2.45) is 10.9 Å². The summed E-state index contributed by atoms with van der Waals surface area (Å²) in [4.78, 5) is 9.08. The van der Waals surface area contributed by atoms with Gasteiger partial charge in [-0.2, -0.15) is 0 Å². The Morgan fingerprint density at radius 1 is 1.14 bits per heavy atom. The molecule has 2 unspecified atom stereocenters. The van der Waals surface area contributed by atoms with Crippen molar-refractivity contribution in [3.05, 3.63) is 29.8 Å². The number of hydrogen-bond donors (Lipinski definition) is 2. The molecule has 2 aliphatic rings. The number of nitrogens with zero attached hydrogens (tertiary/aromatic N) is 3. The summed E-state index contributed by atoms with van der Waals surface area (Å²) in [7, 11) is 0. The number of halogens is 2. The maximum atomic E-state index is 14.1. The highest BCUT2D eigenvalue weighted by atomic mass is 19.1. The Hall–Kier alpha value is -1.89. The maximum absolute atomic E-state index is 14.1.